The third kappa shape index (κ3) is 4.10. The van der Waals surface area contributed by atoms with Crippen molar-refractivity contribution in [3.05, 3.63) is 51.3 Å². The molecule has 0 spiro atoms. The Morgan fingerprint density at radius 3 is 2.54 bits per heavy atom. The van der Waals surface area contributed by atoms with Gasteiger partial charge in [0.1, 0.15) is 0 Å². The van der Waals surface area contributed by atoms with E-state index in [1.165, 1.54) is 6.07 Å². The molecular weight excluding hydrogens is 351 g/mol. The highest BCUT2D eigenvalue weighted by Crippen LogP contribution is 2.25. The van der Waals surface area contributed by atoms with E-state index in [1.807, 2.05) is 25.3 Å². The molecule has 2 aromatic rings. The number of hydrogen-bond acceptors (Lipinski definition) is 3. The van der Waals surface area contributed by atoms with Crippen molar-refractivity contribution >= 4 is 40.8 Å². The molecule has 0 fully saturated rings. The van der Waals surface area contributed by atoms with Crippen molar-refractivity contribution in [1.29, 1.82) is 0 Å². The van der Waals surface area contributed by atoms with Crippen molar-refractivity contribution in [1.82, 2.24) is 4.57 Å². The van der Waals surface area contributed by atoms with Crippen LogP contribution < -0.4 is 5.32 Å². The van der Waals surface area contributed by atoms with Gasteiger partial charge in [-0.15, -0.1) is 0 Å². The molecule has 1 aromatic carbocycles. The van der Waals surface area contributed by atoms with E-state index in [0.29, 0.717) is 21.3 Å². The Hall–Kier alpha value is -1.98. The van der Waals surface area contributed by atoms with E-state index in [-0.39, 0.29) is 0 Å². The summed E-state index contributed by atoms with van der Waals surface area (Å²) in [6.07, 6.45) is 0. The largest absolute Gasteiger partial charge is 0.452 e. The first-order chi connectivity index (χ1) is 11.3. The van der Waals surface area contributed by atoms with Gasteiger partial charge in [0.25, 0.3) is 5.91 Å². The van der Waals surface area contributed by atoms with E-state index in [2.05, 4.69) is 5.32 Å². The summed E-state index contributed by atoms with van der Waals surface area (Å²) in [5.74, 6) is -1.02. The molecule has 1 aromatic heterocycles. The summed E-state index contributed by atoms with van der Waals surface area (Å²) in [6.45, 7) is 6.12. The minimum absolute atomic E-state index is 0.352. The van der Waals surface area contributed by atoms with Gasteiger partial charge >= 0.3 is 5.97 Å². The number of halogens is 2. The molecule has 2 rings (SSSR count). The second-order valence-electron chi connectivity index (χ2n) is 5.28. The highest BCUT2D eigenvalue weighted by Gasteiger charge is 2.17. The SMILES string of the molecule is CCn1c(C)cc(C(=O)OCC(=O)Nc2cc(Cl)ccc2Cl)c1C. The molecule has 0 atom stereocenters. The fourth-order valence-corrected chi connectivity index (χ4v) is 2.82. The number of hydrogen-bond donors (Lipinski definition) is 1. The van der Waals surface area contributed by atoms with Crippen LogP contribution in [0.2, 0.25) is 10.0 Å². The summed E-state index contributed by atoms with van der Waals surface area (Å²) >= 11 is 11.8. The molecule has 0 bridgehead atoms. The number of ether oxygens (including phenoxy) is 1. The van der Waals surface area contributed by atoms with Crippen LogP contribution in [-0.2, 0) is 16.1 Å². The van der Waals surface area contributed by atoms with Crippen molar-refractivity contribution in [2.24, 2.45) is 0 Å². The van der Waals surface area contributed by atoms with E-state index in [0.717, 1.165) is 17.9 Å². The van der Waals surface area contributed by atoms with E-state index < -0.39 is 18.5 Å². The highest BCUT2D eigenvalue weighted by atomic mass is 35.5. The Morgan fingerprint density at radius 2 is 1.92 bits per heavy atom. The smallest absolute Gasteiger partial charge is 0.340 e. The molecule has 7 heteroatoms. The molecule has 1 heterocycles. The number of nitrogens with zero attached hydrogens (tertiary/aromatic N) is 1. The van der Waals surface area contributed by atoms with Crippen molar-refractivity contribution in [2.75, 3.05) is 11.9 Å². The highest BCUT2D eigenvalue weighted by molar-refractivity contribution is 6.35. The Balaban J connectivity index is 1.99. The summed E-state index contributed by atoms with van der Waals surface area (Å²) in [7, 11) is 0. The van der Waals surface area contributed by atoms with Gasteiger partial charge in [0.15, 0.2) is 6.61 Å². The average Bonchev–Trinajstić information content (AvgIpc) is 2.82. The molecule has 1 N–H and O–H groups in total. The molecule has 128 valence electrons. The summed E-state index contributed by atoms with van der Waals surface area (Å²) in [5, 5.41) is 3.36. The normalized spacial score (nSPS) is 10.5. The quantitative estimate of drug-likeness (QED) is 0.803. The van der Waals surface area contributed by atoms with Crippen LogP contribution in [0.25, 0.3) is 0 Å². The topological polar surface area (TPSA) is 60.3 Å². The minimum Gasteiger partial charge on any atom is -0.452 e. The molecule has 0 aliphatic heterocycles. The number of nitrogens with one attached hydrogen (secondary N) is 1. The summed E-state index contributed by atoms with van der Waals surface area (Å²) in [4.78, 5) is 24.1. The van der Waals surface area contributed by atoms with Crippen LogP contribution in [0.3, 0.4) is 0 Å². The number of anilines is 1. The number of benzene rings is 1. The molecule has 0 unspecified atom stereocenters. The van der Waals surface area contributed by atoms with E-state index >= 15 is 0 Å². The Labute approximate surface area is 150 Å². The molecule has 0 aliphatic rings. The maximum Gasteiger partial charge on any atom is 0.340 e. The fraction of sp³-hybridized carbons (Fsp3) is 0.294. The molecule has 0 saturated carbocycles. The zero-order valence-corrected chi connectivity index (χ0v) is 15.2. The van der Waals surface area contributed by atoms with Crippen LogP contribution in [0.15, 0.2) is 24.3 Å². The standard InChI is InChI=1S/C17H18Cl2N2O3/c1-4-21-10(2)7-13(11(21)3)17(23)24-9-16(22)20-15-8-12(18)5-6-14(15)19/h5-8H,4,9H2,1-3H3,(H,20,22). The van der Waals surface area contributed by atoms with Crippen LogP contribution in [0.5, 0.6) is 0 Å². The predicted octanol–water partition coefficient (Wildman–Crippen LogP) is 4.23. The first-order valence-electron chi connectivity index (χ1n) is 7.42. The van der Waals surface area contributed by atoms with E-state index in [9.17, 15) is 9.59 Å². The van der Waals surface area contributed by atoms with Crippen LogP contribution in [0.1, 0.15) is 28.7 Å². The monoisotopic (exact) mass is 368 g/mol. The summed E-state index contributed by atoms with van der Waals surface area (Å²) in [6, 6.07) is 6.47. The number of carbonyl (C=O) groups excluding carboxylic acids is 2. The minimum atomic E-state index is -0.532. The molecule has 5 nitrogen and oxygen atoms in total. The number of aryl methyl sites for hydroxylation is 1. The summed E-state index contributed by atoms with van der Waals surface area (Å²) < 4.78 is 7.09. The van der Waals surface area contributed by atoms with Crippen LogP contribution in [0.4, 0.5) is 5.69 Å². The summed E-state index contributed by atoms with van der Waals surface area (Å²) in [5.41, 5.74) is 2.62. The number of rotatable bonds is 5. The molecule has 0 saturated heterocycles. The number of aromatic nitrogens is 1. The van der Waals surface area contributed by atoms with Gasteiger partial charge in [0.05, 0.1) is 16.3 Å². The van der Waals surface area contributed by atoms with E-state index in [4.69, 9.17) is 27.9 Å². The Bertz CT molecular complexity index is 784. The lowest BCUT2D eigenvalue weighted by molar-refractivity contribution is -0.119. The third-order valence-corrected chi connectivity index (χ3v) is 4.21. The number of esters is 1. The second kappa shape index (κ2) is 7.73. The van der Waals surface area contributed by atoms with Gasteiger partial charge in [-0.1, -0.05) is 23.2 Å². The first-order valence-corrected chi connectivity index (χ1v) is 8.17. The number of amides is 1. The van der Waals surface area contributed by atoms with Crippen LogP contribution >= 0.6 is 23.2 Å². The van der Waals surface area contributed by atoms with Crippen LogP contribution in [-0.4, -0.2) is 23.1 Å². The van der Waals surface area contributed by atoms with Gasteiger partial charge in [-0.05, 0) is 45.0 Å². The van der Waals surface area contributed by atoms with Crippen molar-refractivity contribution in [2.45, 2.75) is 27.3 Å². The maximum atomic E-state index is 12.2. The van der Waals surface area contributed by atoms with Gasteiger partial charge in [-0.3, -0.25) is 4.79 Å². The van der Waals surface area contributed by atoms with Gasteiger partial charge in [0, 0.05) is 23.0 Å². The van der Waals surface area contributed by atoms with Crippen molar-refractivity contribution in [3.8, 4) is 0 Å². The lowest BCUT2D eigenvalue weighted by atomic mass is 10.2. The third-order valence-electron chi connectivity index (χ3n) is 3.65. The Kier molecular flexibility index (Phi) is 5.91. The predicted molar refractivity (Wildman–Crippen MR) is 95.0 cm³/mol. The molecule has 1 amide bonds. The van der Waals surface area contributed by atoms with Gasteiger partial charge < -0.3 is 14.6 Å². The van der Waals surface area contributed by atoms with Crippen molar-refractivity contribution in [3.63, 3.8) is 0 Å². The first kappa shape index (κ1) is 18.4. The molecule has 24 heavy (non-hydrogen) atoms. The number of carbonyl (C=O) groups is 2. The Morgan fingerprint density at radius 1 is 1.21 bits per heavy atom. The molecule has 0 aliphatic carbocycles. The average molecular weight is 369 g/mol. The van der Waals surface area contributed by atoms with Gasteiger partial charge in [-0.25, -0.2) is 4.79 Å². The molecule has 0 radical (unpaired) electrons. The second-order valence-corrected chi connectivity index (χ2v) is 6.12. The fourth-order valence-electron chi connectivity index (χ4n) is 2.48. The van der Waals surface area contributed by atoms with Gasteiger partial charge in [0.2, 0.25) is 0 Å². The lowest BCUT2D eigenvalue weighted by Gasteiger charge is -2.09. The van der Waals surface area contributed by atoms with Crippen LogP contribution in [0, 0.1) is 13.8 Å². The lowest BCUT2D eigenvalue weighted by Crippen LogP contribution is -2.21. The van der Waals surface area contributed by atoms with Crippen molar-refractivity contribution < 1.29 is 14.3 Å². The zero-order valence-electron chi connectivity index (χ0n) is 13.7. The van der Waals surface area contributed by atoms with E-state index in [1.54, 1.807) is 18.2 Å². The van der Waals surface area contributed by atoms with Gasteiger partial charge in [-0.2, -0.15) is 0 Å². The maximum absolute atomic E-state index is 12.2. The zero-order chi connectivity index (χ0) is 17.9. The molecular formula is C17H18Cl2N2O3.